The lowest BCUT2D eigenvalue weighted by Gasteiger charge is -2.36. The van der Waals surface area contributed by atoms with E-state index in [9.17, 15) is 0 Å². The van der Waals surface area contributed by atoms with Gasteiger partial charge in [-0.1, -0.05) is 35.5 Å². The zero-order valence-electron chi connectivity index (χ0n) is 16.9. The van der Waals surface area contributed by atoms with Crippen molar-refractivity contribution in [2.75, 3.05) is 32.7 Å². The first-order valence-corrected chi connectivity index (χ1v) is 10.1. The van der Waals surface area contributed by atoms with E-state index in [1.165, 1.54) is 5.56 Å². The van der Waals surface area contributed by atoms with Crippen LogP contribution in [0.4, 0.5) is 0 Å². The Morgan fingerprint density at radius 1 is 1.00 bits per heavy atom. The van der Waals surface area contributed by atoms with Crippen LogP contribution in [0.15, 0.2) is 75.0 Å². The summed E-state index contributed by atoms with van der Waals surface area (Å²) in [5, 5.41) is 7.55. The fourth-order valence-electron chi connectivity index (χ4n) is 3.44. The van der Waals surface area contributed by atoms with Crippen molar-refractivity contribution >= 4 is 29.9 Å². The van der Waals surface area contributed by atoms with Gasteiger partial charge in [-0.2, -0.15) is 0 Å². The van der Waals surface area contributed by atoms with Crippen molar-refractivity contribution in [3.8, 4) is 0 Å². The average molecular weight is 521 g/mol. The van der Waals surface area contributed by atoms with Gasteiger partial charge < -0.3 is 19.2 Å². The quantitative estimate of drug-likeness (QED) is 0.292. The van der Waals surface area contributed by atoms with Crippen LogP contribution in [0.2, 0.25) is 0 Å². The van der Waals surface area contributed by atoms with Gasteiger partial charge in [-0.05, 0) is 17.7 Å². The highest BCUT2D eigenvalue weighted by Crippen LogP contribution is 2.09. The Hall–Kier alpha value is -2.33. The van der Waals surface area contributed by atoms with Crippen LogP contribution in [0, 0.1) is 0 Å². The number of nitrogens with zero attached hydrogens (tertiary/aromatic N) is 4. The fourth-order valence-corrected chi connectivity index (χ4v) is 3.44. The summed E-state index contributed by atoms with van der Waals surface area (Å²) < 4.78 is 10.4. The van der Waals surface area contributed by atoms with Gasteiger partial charge in [0.15, 0.2) is 5.96 Å². The number of aliphatic imine (C=N–C) groups is 1. The number of benzene rings is 1. The Balaban J connectivity index is 0.00000256. The predicted octanol–water partition coefficient (Wildman–Crippen LogP) is 3.39. The lowest BCUT2D eigenvalue weighted by atomic mass is 10.2. The van der Waals surface area contributed by atoms with Crippen molar-refractivity contribution in [1.29, 1.82) is 0 Å². The summed E-state index contributed by atoms with van der Waals surface area (Å²) in [4.78, 5) is 9.62. The van der Waals surface area contributed by atoms with E-state index in [0.717, 1.165) is 63.1 Å². The summed E-state index contributed by atoms with van der Waals surface area (Å²) >= 11 is 0. The van der Waals surface area contributed by atoms with Gasteiger partial charge in [0.25, 0.3) is 0 Å². The SMILES string of the molecule is I.c1ccc(CN=C(NCCc2ccco2)N2CCN(Cc3ccon3)CC2)cc1. The van der Waals surface area contributed by atoms with E-state index < -0.39 is 0 Å². The standard InChI is InChI=1S/C22H27N5O2.HI/c1-2-5-19(6-3-1)17-24-22(23-10-8-21-7-4-15-28-21)27-13-11-26(12-14-27)18-20-9-16-29-25-20;/h1-7,9,15-16H,8,10-14,17-18H2,(H,23,24);1H. The lowest BCUT2D eigenvalue weighted by Crippen LogP contribution is -2.52. The van der Waals surface area contributed by atoms with E-state index in [4.69, 9.17) is 13.9 Å². The largest absolute Gasteiger partial charge is 0.469 e. The summed E-state index contributed by atoms with van der Waals surface area (Å²) in [5.74, 6) is 1.94. The number of furan rings is 1. The molecule has 0 aliphatic carbocycles. The van der Waals surface area contributed by atoms with E-state index in [1.54, 1.807) is 12.5 Å². The van der Waals surface area contributed by atoms with E-state index in [0.29, 0.717) is 6.54 Å². The zero-order valence-corrected chi connectivity index (χ0v) is 19.3. The molecule has 160 valence electrons. The predicted molar refractivity (Wildman–Crippen MR) is 127 cm³/mol. The van der Waals surface area contributed by atoms with E-state index in [1.807, 2.05) is 24.3 Å². The molecule has 8 heteroatoms. The van der Waals surface area contributed by atoms with Crippen molar-refractivity contribution in [3.05, 3.63) is 78.1 Å². The summed E-state index contributed by atoms with van der Waals surface area (Å²) in [6.07, 6.45) is 4.18. The van der Waals surface area contributed by atoms with Crippen LogP contribution in [0.25, 0.3) is 0 Å². The summed E-state index contributed by atoms with van der Waals surface area (Å²) in [6, 6.07) is 16.2. The molecule has 0 spiro atoms. The van der Waals surface area contributed by atoms with Gasteiger partial charge in [-0.25, -0.2) is 4.99 Å². The minimum absolute atomic E-state index is 0. The molecule has 0 atom stereocenters. The Kier molecular flexibility index (Phi) is 8.76. The summed E-state index contributed by atoms with van der Waals surface area (Å²) in [6.45, 7) is 6.09. The Labute approximate surface area is 194 Å². The van der Waals surface area contributed by atoms with Gasteiger partial charge in [0, 0.05) is 51.8 Å². The number of nitrogens with one attached hydrogen (secondary N) is 1. The average Bonchev–Trinajstić information content (AvgIpc) is 3.46. The molecule has 0 radical (unpaired) electrons. The first-order chi connectivity index (χ1) is 14.4. The number of piperazine rings is 1. The normalized spacial score (nSPS) is 15.1. The molecule has 1 aliphatic heterocycles. The van der Waals surface area contributed by atoms with Crippen LogP contribution in [-0.2, 0) is 19.5 Å². The Morgan fingerprint density at radius 3 is 2.53 bits per heavy atom. The van der Waals surface area contributed by atoms with E-state index in [2.05, 4.69) is 44.5 Å². The second-order valence-electron chi connectivity index (χ2n) is 7.14. The monoisotopic (exact) mass is 521 g/mol. The molecule has 3 heterocycles. The van der Waals surface area contributed by atoms with Crippen LogP contribution < -0.4 is 5.32 Å². The second-order valence-corrected chi connectivity index (χ2v) is 7.14. The molecule has 0 unspecified atom stereocenters. The topological polar surface area (TPSA) is 70.0 Å². The van der Waals surface area contributed by atoms with Crippen LogP contribution in [0.3, 0.4) is 0 Å². The third kappa shape index (κ3) is 6.60. The van der Waals surface area contributed by atoms with E-state index in [-0.39, 0.29) is 24.0 Å². The molecule has 1 saturated heterocycles. The van der Waals surface area contributed by atoms with Gasteiger partial charge >= 0.3 is 0 Å². The Bertz CT molecular complexity index is 860. The van der Waals surface area contributed by atoms with Gasteiger partial charge in [0.05, 0.1) is 18.5 Å². The number of aromatic nitrogens is 1. The first-order valence-electron chi connectivity index (χ1n) is 10.1. The van der Waals surface area contributed by atoms with Gasteiger partial charge in [0.2, 0.25) is 0 Å². The van der Waals surface area contributed by atoms with Crippen LogP contribution in [-0.4, -0.2) is 53.6 Å². The van der Waals surface area contributed by atoms with Gasteiger partial charge in [-0.3, -0.25) is 4.90 Å². The van der Waals surface area contributed by atoms with Crippen molar-refractivity contribution in [3.63, 3.8) is 0 Å². The molecule has 3 aromatic rings. The van der Waals surface area contributed by atoms with Crippen LogP contribution >= 0.6 is 24.0 Å². The molecular weight excluding hydrogens is 493 g/mol. The van der Waals surface area contributed by atoms with Gasteiger partial charge in [0.1, 0.15) is 12.0 Å². The Morgan fingerprint density at radius 2 is 1.83 bits per heavy atom. The number of guanidine groups is 1. The molecule has 0 amide bonds. The maximum Gasteiger partial charge on any atom is 0.194 e. The maximum atomic E-state index is 5.44. The first kappa shape index (κ1) is 22.4. The number of halogens is 1. The second kappa shape index (κ2) is 11.8. The minimum atomic E-state index is 0. The molecule has 2 aromatic heterocycles. The molecular formula is C22H28IN5O2. The van der Waals surface area contributed by atoms with Crippen molar-refractivity contribution < 1.29 is 8.94 Å². The highest BCUT2D eigenvalue weighted by molar-refractivity contribution is 14.0. The highest BCUT2D eigenvalue weighted by Gasteiger charge is 2.20. The molecule has 0 bridgehead atoms. The number of hydrogen-bond donors (Lipinski definition) is 1. The van der Waals surface area contributed by atoms with Crippen molar-refractivity contribution in [2.24, 2.45) is 4.99 Å². The maximum absolute atomic E-state index is 5.44. The highest BCUT2D eigenvalue weighted by atomic mass is 127. The smallest absolute Gasteiger partial charge is 0.194 e. The third-order valence-electron chi connectivity index (χ3n) is 5.04. The van der Waals surface area contributed by atoms with Gasteiger partial charge in [-0.15, -0.1) is 24.0 Å². The molecule has 30 heavy (non-hydrogen) atoms. The zero-order chi connectivity index (χ0) is 19.7. The molecule has 1 fully saturated rings. The fraction of sp³-hybridized carbons (Fsp3) is 0.364. The molecule has 0 saturated carbocycles. The molecule has 1 aromatic carbocycles. The third-order valence-corrected chi connectivity index (χ3v) is 5.04. The molecule has 7 nitrogen and oxygen atoms in total. The number of rotatable bonds is 7. The molecule has 1 N–H and O–H groups in total. The molecule has 4 rings (SSSR count). The van der Waals surface area contributed by atoms with Crippen LogP contribution in [0.5, 0.6) is 0 Å². The molecule has 1 aliphatic rings. The summed E-state index contributed by atoms with van der Waals surface area (Å²) in [5.41, 5.74) is 2.19. The minimum Gasteiger partial charge on any atom is -0.469 e. The number of hydrogen-bond acceptors (Lipinski definition) is 5. The van der Waals surface area contributed by atoms with E-state index >= 15 is 0 Å². The van der Waals surface area contributed by atoms with Crippen molar-refractivity contribution in [1.82, 2.24) is 20.3 Å². The van der Waals surface area contributed by atoms with Crippen molar-refractivity contribution in [2.45, 2.75) is 19.5 Å². The summed E-state index contributed by atoms with van der Waals surface area (Å²) in [7, 11) is 0. The van der Waals surface area contributed by atoms with Crippen LogP contribution in [0.1, 0.15) is 17.0 Å². The lowest BCUT2D eigenvalue weighted by molar-refractivity contribution is 0.169.